The molecule has 156 valence electrons. The highest BCUT2D eigenvalue weighted by molar-refractivity contribution is 7.90. The number of benzene rings is 2. The van der Waals surface area contributed by atoms with Crippen molar-refractivity contribution >= 4 is 38.3 Å². The summed E-state index contributed by atoms with van der Waals surface area (Å²) in [6, 6.07) is 13.6. The zero-order valence-electron chi connectivity index (χ0n) is 16.9. The summed E-state index contributed by atoms with van der Waals surface area (Å²) in [4.78, 5) is 25.5. The summed E-state index contributed by atoms with van der Waals surface area (Å²) < 4.78 is 28.1. The fraction of sp³-hybridized carbons (Fsp3) is 0.167. The number of para-hydroxylation sites is 1. The maximum Gasteiger partial charge on any atom is 0.268 e. The van der Waals surface area contributed by atoms with E-state index in [0.29, 0.717) is 22.0 Å². The number of imide groups is 1. The van der Waals surface area contributed by atoms with Crippen molar-refractivity contribution in [3.8, 4) is 0 Å². The Balaban J connectivity index is 1.78. The molecule has 7 heteroatoms. The number of carbonyl (C=O) groups is 2. The zero-order chi connectivity index (χ0) is 21.8. The standard InChI is InChI=1S/C24H20N2O4S/c1-15-10-12-17(13-11-15)31(29,30)26-14-19(18-8-4-5-9-20(18)26)22-21(16-6-2-3-7-16)23(27)25-24(22)28/h4-6,8-14H,2-3,7H2,1H3,(H,25,27,28). The number of aryl methyl sites for hydroxylation is 1. The van der Waals surface area contributed by atoms with Gasteiger partial charge < -0.3 is 0 Å². The van der Waals surface area contributed by atoms with Gasteiger partial charge in [0, 0.05) is 17.1 Å². The predicted octanol–water partition coefficient (Wildman–Crippen LogP) is 3.71. The van der Waals surface area contributed by atoms with Crippen molar-refractivity contribution in [2.75, 3.05) is 0 Å². The molecule has 0 saturated carbocycles. The Labute approximate surface area is 179 Å². The van der Waals surface area contributed by atoms with E-state index in [4.69, 9.17) is 0 Å². The van der Waals surface area contributed by atoms with Crippen LogP contribution in [-0.2, 0) is 19.6 Å². The van der Waals surface area contributed by atoms with Gasteiger partial charge in [0.15, 0.2) is 0 Å². The van der Waals surface area contributed by atoms with Crippen molar-refractivity contribution in [2.24, 2.45) is 0 Å². The zero-order valence-corrected chi connectivity index (χ0v) is 17.7. The summed E-state index contributed by atoms with van der Waals surface area (Å²) in [5.74, 6) is -0.921. The highest BCUT2D eigenvalue weighted by Gasteiger charge is 2.36. The van der Waals surface area contributed by atoms with Gasteiger partial charge in [-0.15, -0.1) is 0 Å². The molecule has 5 rings (SSSR count). The topological polar surface area (TPSA) is 85.2 Å². The Hall–Kier alpha value is -3.45. The van der Waals surface area contributed by atoms with Crippen molar-refractivity contribution in [1.82, 2.24) is 9.29 Å². The summed E-state index contributed by atoms with van der Waals surface area (Å²) >= 11 is 0. The molecule has 0 fully saturated rings. The van der Waals surface area contributed by atoms with Crippen LogP contribution in [0.1, 0.15) is 30.4 Å². The molecule has 2 aromatic carbocycles. The van der Waals surface area contributed by atoms with Crippen LogP contribution in [0, 0.1) is 6.92 Å². The quantitative estimate of drug-likeness (QED) is 0.637. The minimum atomic E-state index is -3.90. The molecule has 6 nitrogen and oxygen atoms in total. The van der Waals surface area contributed by atoms with Crippen molar-refractivity contribution in [3.05, 3.63) is 83.1 Å². The van der Waals surface area contributed by atoms with Crippen LogP contribution >= 0.6 is 0 Å². The highest BCUT2D eigenvalue weighted by atomic mass is 32.2. The van der Waals surface area contributed by atoms with Crippen LogP contribution in [0.25, 0.3) is 16.5 Å². The second-order valence-electron chi connectivity index (χ2n) is 7.83. The van der Waals surface area contributed by atoms with Gasteiger partial charge in [0.05, 0.1) is 21.6 Å². The first-order valence-corrected chi connectivity index (χ1v) is 11.5. The number of aromatic nitrogens is 1. The summed E-state index contributed by atoms with van der Waals surface area (Å²) in [6.45, 7) is 1.89. The Morgan fingerprint density at radius 1 is 0.935 bits per heavy atom. The Morgan fingerprint density at radius 2 is 1.65 bits per heavy atom. The number of carbonyl (C=O) groups excluding carboxylic acids is 2. The predicted molar refractivity (Wildman–Crippen MR) is 118 cm³/mol. The molecule has 1 aliphatic heterocycles. The second-order valence-corrected chi connectivity index (χ2v) is 9.64. The number of nitrogens with zero attached hydrogens (tertiary/aromatic N) is 1. The van der Waals surface area contributed by atoms with E-state index in [2.05, 4.69) is 5.32 Å². The van der Waals surface area contributed by atoms with Crippen LogP contribution in [0.2, 0.25) is 0 Å². The molecule has 1 aliphatic carbocycles. The van der Waals surface area contributed by atoms with Crippen molar-refractivity contribution in [2.45, 2.75) is 31.1 Å². The van der Waals surface area contributed by atoms with Crippen molar-refractivity contribution < 1.29 is 18.0 Å². The average molecular weight is 433 g/mol. The van der Waals surface area contributed by atoms with Gasteiger partial charge in [-0.25, -0.2) is 12.4 Å². The maximum atomic E-state index is 13.4. The minimum Gasteiger partial charge on any atom is -0.288 e. The van der Waals surface area contributed by atoms with Gasteiger partial charge in [-0.05, 0) is 50.0 Å². The molecule has 2 heterocycles. The molecule has 0 radical (unpaired) electrons. The highest BCUT2D eigenvalue weighted by Crippen LogP contribution is 2.38. The first-order valence-electron chi connectivity index (χ1n) is 10.1. The number of rotatable bonds is 4. The largest absolute Gasteiger partial charge is 0.288 e. The average Bonchev–Trinajstić information content (AvgIpc) is 3.46. The molecule has 1 aromatic heterocycles. The summed E-state index contributed by atoms with van der Waals surface area (Å²) in [5, 5.41) is 3.00. The lowest BCUT2D eigenvalue weighted by atomic mass is 9.95. The minimum absolute atomic E-state index is 0.157. The van der Waals surface area contributed by atoms with E-state index in [9.17, 15) is 18.0 Å². The molecule has 0 unspecified atom stereocenters. The number of allylic oxidation sites excluding steroid dienone is 1. The molecule has 31 heavy (non-hydrogen) atoms. The third kappa shape index (κ3) is 3.04. The summed E-state index contributed by atoms with van der Waals surface area (Å²) in [7, 11) is -3.90. The van der Waals surface area contributed by atoms with Gasteiger partial charge in [0.1, 0.15) is 0 Å². The number of nitrogens with one attached hydrogen (secondary N) is 1. The van der Waals surface area contributed by atoms with E-state index >= 15 is 0 Å². The fourth-order valence-corrected chi connectivity index (χ4v) is 5.66. The van der Waals surface area contributed by atoms with E-state index in [1.807, 2.05) is 13.0 Å². The monoisotopic (exact) mass is 432 g/mol. The van der Waals surface area contributed by atoms with E-state index in [-0.39, 0.29) is 10.5 Å². The molecule has 2 amide bonds. The lowest BCUT2D eigenvalue weighted by molar-refractivity contribution is -0.123. The normalized spacial score (nSPS) is 16.9. The molecule has 0 bridgehead atoms. The van der Waals surface area contributed by atoms with Crippen LogP contribution in [0.3, 0.4) is 0 Å². The van der Waals surface area contributed by atoms with Crippen molar-refractivity contribution in [1.29, 1.82) is 0 Å². The molecule has 0 saturated heterocycles. The third-order valence-electron chi connectivity index (χ3n) is 5.82. The second kappa shape index (κ2) is 7.06. The SMILES string of the molecule is Cc1ccc(S(=O)(=O)n2cc(C3=C(C4=CCCC4)C(=O)NC3=O)c3ccccc32)cc1. The molecule has 1 N–H and O–H groups in total. The fourth-order valence-electron chi connectivity index (χ4n) is 4.29. The summed E-state index contributed by atoms with van der Waals surface area (Å²) in [5.41, 5.74) is 3.30. The molecule has 2 aliphatic rings. The van der Waals surface area contributed by atoms with Crippen LogP contribution in [0.5, 0.6) is 0 Å². The van der Waals surface area contributed by atoms with Gasteiger partial charge in [0.25, 0.3) is 21.8 Å². The first-order chi connectivity index (χ1) is 14.9. The Kier molecular flexibility index (Phi) is 4.44. The van der Waals surface area contributed by atoms with E-state index < -0.39 is 21.8 Å². The number of fused-ring (bicyclic) bond motifs is 1. The van der Waals surface area contributed by atoms with Gasteiger partial charge >= 0.3 is 0 Å². The molecular weight excluding hydrogens is 412 g/mol. The van der Waals surface area contributed by atoms with Crippen LogP contribution in [0.15, 0.2) is 76.8 Å². The van der Waals surface area contributed by atoms with Crippen molar-refractivity contribution in [3.63, 3.8) is 0 Å². The van der Waals surface area contributed by atoms with Gasteiger partial charge in [0.2, 0.25) is 0 Å². The lowest BCUT2D eigenvalue weighted by Gasteiger charge is -2.07. The van der Waals surface area contributed by atoms with Gasteiger partial charge in [-0.1, -0.05) is 42.0 Å². The van der Waals surface area contributed by atoms with Gasteiger partial charge in [-0.2, -0.15) is 0 Å². The van der Waals surface area contributed by atoms with E-state index in [0.717, 1.165) is 30.4 Å². The number of amides is 2. The van der Waals surface area contributed by atoms with Crippen LogP contribution < -0.4 is 5.32 Å². The molecule has 3 aromatic rings. The number of hydrogen-bond acceptors (Lipinski definition) is 4. The first kappa shape index (κ1) is 19.5. The van der Waals surface area contributed by atoms with Crippen LogP contribution in [-0.4, -0.2) is 24.2 Å². The van der Waals surface area contributed by atoms with E-state index in [1.165, 1.54) is 10.2 Å². The molecule has 0 atom stereocenters. The molecular formula is C24H20N2O4S. The van der Waals surface area contributed by atoms with Gasteiger partial charge in [-0.3, -0.25) is 14.9 Å². The third-order valence-corrected chi connectivity index (χ3v) is 7.51. The smallest absolute Gasteiger partial charge is 0.268 e. The Bertz CT molecular complexity index is 1420. The lowest BCUT2D eigenvalue weighted by Crippen LogP contribution is -2.23. The van der Waals surface area contributed by atoms with Crippen LogP contribution in [0.4, 0.5) is 0 Å². The van der Waals surface area contributed by atoms with E-state index in [1.54, 1.807) is 48.5 Å². The number of hydrogen-bond donors (Lipinski definition) is 1. The molecule has 0 spiro atoms. The maximum absolute atomic E-state index is 13.4. The Morgan fingerprint density at radius 3 is 2.35 bits per heavy atom. The summed E-state index contributed by atoms with van der Waals surface area (Å²) in [6.07, 6.45) is 5.95.